The number of nitrogens with zero attached hydrogens (tertiary/aromatic N) is 4. The fourth-order valence-corrected chi connectivity index (χ4v) is 2.97. The van der Waals surface area contributed by atoms with Crippen molar-refractivity contribution >= 4 is 16.9 Å². The molecule has 0 radical (unpaired) electrons. The van der Waals surface area contributed by atoms with Crippen molar-refractivity contribution in [2.45, 2.75) is 0 Å². The summed E-state index contributed by atoms with van der Waals surface area (Å²) in [5.41, 5.74) is 4.01. The van der Waals surface area contributed by atoms with Crippen LogP contribution < -0.4 is 0 Å². The summed E-state index contributed by atoms with van der Waals surface area (Å²) in [4.78, 5) is 30.7. The van der Waals surface area contributed by atoms with Gasteiger partial charge in [0.1, 0.15) is 0 Å². The maximum atomic E-state index is 13.1. The molecular formula is C25H18N4O. The molecule has 0 aliphatic rings. The van der Waals surface area contributed by atoms with Crippen LogP contribution in [-0.2, 0) is 4.79 Å². The molecule has 30 heavy (non-hydrogen) atoms. The van der Waals surface area contributed by atoms with Crippen molar-refractivity contribution in [3.63, 3.8) is 0 Å². The highest BCUT2D eigenvalue weighted by Gasteiger charge is 2.12. The monoisotopic (exact) mass is 390 g/mol. The Morgan fingerprint density at radius 1 is 0.500 bits per heavy atom. The molecule has 144 valence electrons. The standard InChI is InChI=1S/C25H18N4O/c30-19(17-20(22-9-1-5-13-26-22)23-10-2-6-14-27-23)18-21(24-11-3-7-15-28-24)25-12-4-8-16-29-25/h1-18H. The third-order valence-electron chi connectivity index (χ3n) is 4.34. The Morgan fingerprint density at radius 3 is 1.03 bits per heavy atom. The summed E-state index contributed by atoms with van der Waals surface area (Å²) in [6.07, 6.45) is 9.88. The molecule has 4 aromatic heterocycles. The number of ketones is 1. The molecule has 0 aromatic carbocycles. The normalized spacial score (nSPS) is 10.1. The van der Waals surface area contributed by atoms with Crippen LogP contribution >= 0.6 is 0 Å². The Labute approximate surface area is 174 Å². The van der Waals surface area contributed by atoms with Gasteiger partial charge < -0.3 is 0 Å². The zero-order valence-electron chi connectivity index (χ0n) is 16.1. The molecule has 4 aromatic rings. The number of hydrogen-bond donors (Lipinski definition) is 0. The lowest BCUT2D eigenvalue weighted by molar-refractivity contribution is -0.110. The first-order valence-corrected chi connectivity index (χ1v) is 9.44. The van der Waals surface area contributed by atoms with Gasteiger partial charge in [0, 0.05) is 35.9 Å². The Balaban J connectivity index is 1.80. The average molecular weight is 390 g/mol. The molecule has 0 bridgehead atoms. The lowest BCUT2D eigenvalue weighted by atomic mass is 10.0. The smallest absolute Gasteiger partial charge is 0.180 e. The molecule has 0 saturated carbocycles. The van der Waals surface area contributed by atoms with E-state index < -0.39 is 0 Å². The molecule has 4 heterocycles. The van der Waals surface area contributed by atoms with Crippen molar-refractivity contribution in [3.05, 3.63) is 133 Å². The lowest BCUT2D eigenvalue weighted by Crippen LogP contribution is -2.00. The van der Waals surface area contributed by atoms with Crippen molar-refractivity contribution < 1.29 is 4.79 Å². The molecule has 0 atom stereocenters. The van der Waals surface area contributed by atoms with Crippen LogP contribution in [0.25, 0.3) is 11.1 Å². The van der Waals surface area contributed by atoms with E-state index in [2.05, 4.69) is 19.9 Å². The second-order valence-electron chi connectivity index (χ2n) is 6.38. The zero-order chi connectivity index (χ0) is 20.6. The van der Waals surface area contributed by atoms with Gasteiger partial charge in [0.15, 0.2) is 5.78 Å². The van der Waals surface area contributed by atoms with Crippen LogP contribution in [-0.4, -0.2) is 25.7 Å². The summed E-state index contributed by atoms with van der Waals surface area (Å²) in [6.45, 7) is 0. The molecule has 4 rings (SSSR count). The zero-order valence-corrected chi connectivity index (χ0v) is 16.1. The first-order chi connectivity index (χ1) is 14.8. The predicted molar refractivity (Wildman–Crippen MR) is 116 cm³/mol. The Bertz CT molecular complexity index is 995. The highest BCUT2D eigenvalue weighted by Crippen LogP contribution is 2.22. The Hall–Kier alpha value is -4.25. The number of aromatic nitrogens is 4. The summed E-state index contributed by atoms with van der Waals surface area (Å²) in [5, 5.41) is 0. The minimum atomic E-state index is -0.201. The molecule has 0 aliphatic heterocycles. The van der Waals surface area contributed by atoms with Gasteiger partial charge in [0.2, 0.25) is 0 Å². The van der Waals surface area contributed by atoms with Crippen LogP contribution in [0.2, 0.25) is 0 Å². The maximum absolute atomic E-state index is 13.1. The van der Waals surface area contributed by atoms with Gasteiger partial charge in [-0.25, -0.2) is 0 Å². The molecule has 5 nitrogen and oxygen atoms in total. The molecular weight excluding hydrogens is 372 g/mol. The number of rotatable bonds is 6. The van der Waals surface area contributed by atoms with E-state index >= 15 is 0 Å². The van der Waals surface area contributed by atoms with Crippen LogP contribution in [0.3, 0.4) is 0 Å². The number of carbonyl (C=O) groups is 1. The van der Waals surface area contributed by atoms with Crippen molar-refractivity contribution in [1.29, 1.82) is 0 Å². The molecule has 5 heteroatoms. The van der Waals surface area contributed by atoms with E-state index in [0.29, 0.717) is 33.9 Å². The molecule has 0 fully saturated rings. The van der Waals surface area contributed by atoms with Crippen molar-refractivity contribution in [3.8, 4) is 0 Å². The quantitative estimate of drug-likeness (QED) is 0.457. The van der Waals surface area contributed by atoms with Gasteiger partial charge in [-0.2, -0.15) is 0 Å². The van der Waals surface area contributed by atoms with Gasteiger partial charge in [-0.3, -0.25) is 24.7 Å². The minimum absolute atomic E-state index is 0.201. The van der Waals surface area contributed by atoms with Crippen molar-refractivity contribution in [2.75, 3.05) is 0 Å². The largest absolute Gasteiger partial charge is 0.290 e. The molecule has 0 aliphatic carbocycles. The highest BCUT2D eigenvalue weighted by molar-refractivity contribution is 6.10. The Morgan fingerprint density at radius 2 is 0.800 bits per heavy atom. The van der Waals surface area contributed by atoms with Gasteiger partial charge >= 0.3 is 0 Å². The summed E-state index contributed by atoms with van der Waals surface area (Å²) in [6, 6.07) is 22.3. The van der Waals surface area contributed by atoms with Gasteiger partial charge in [0.25, 0.3) is 0 Å². The number of pyridine rings is 4. The van der Waals surface area contributed by atoms with E-state index in [9.17, 15) is 4.79 Å². The molecule has 0 amide bonds. The Kier molecular flexibility index (Phi) is 5.91. The molecule has 0 spiro atoms. The van der Waals surface area contributed by atoms with Crippen LogP contribution in [0.15, 0.2) is 110 Å². The first-order valence-electron chi connectivity index (χ1n) is 9.44. The number of carbonyl (C=O) groups excluding carboxylic acids is 1. The SMILES string of the molecule is O=C(C=C(c1ccccn1)c1ccccn1)C=C(c1ccccn1)c1ccccn1. The van der Waals surface area contributed by atoms with E-state index in [0.717, 1.165) is 0 Å². The van der Waals surface area contributed by atoms with Crippen molar-refractivity contribution in [2.24, 2.45) is 0 Å². The van der Waals surface area contributed by atoms with E-state index in [1.165, 1.54) is 0 Å². The van der Waals surface area contributed by atoms with Gasteiger partial charge in [-0.1, -0.05) is 24.3 Å². The van der Waals surface area contributed by atoms with Crippen LogP contribution in [0.5, 0.6) is 0 Å². The molecule has 0 unspecified atom stereocenters. The van der Waals surface area contributed by atoms with Gasteiger partial charge in [0.05, 0.1) is 22.8 Å². The van der Waals surface area contributed by atoms with E-state index in [1.54, 1.807) is 36.9 Å². The van der Waals surface area contributed by atoms with E-state index in [1.807, 2.05) is 72.8 Å². The summed E-state index contributed by atoms with van der Waals surface area (Å²) < 4.78 is 0. The third-order valence-corrected chi connectivity index (χ3v) is 4.34. The third kappa shape index (κ3) is 4.59. The molecule has 0 N–H and O–H groups in total. The summed E-state index contributed by atoms with van der Waals surface area (Å²) in [7, 11) is 0. The second kappa shape index (κ2) is 9.30. The maximum Gasteiger partial charge on any atom is 0.180 e. The molecule has 0 saturated heterocycles. The fraction of sp³-hybridized carbons (Fsp3) is 0. The van der Waals surface area contributed by atoms with E-state index in [-0.39, 0.29) is 5.78 Å². The minimum Gasteiger partial charge on any atom is -0.290 e. The number of hydrogen-bond acceptors (Lipinski definition) is 5. The predicted octanol–water partition coefficient (Wildman–Crippen LogP) is 4.40. The average Bonchev–Trinajstić information content (AvgIpc) is 2.83. The lowest BCUT2D eigenvalue weighted by Gasteiger charge is -2.07. The number of allylic oxidation sites excluding steroid dienone is 2. The summed E-state index contributed by atoms with van der Waals surface area (Å²) >= 11 is 0. The first kappa shape index (κ1) is 19.1. The topological polar surface area (TPSA) is 68.6 Å². The second-order valence-corrected chi connectivity index (χ2v) is 6.38. The van der Waals surface area contributed by atoms with E-state index in [4.69, 9.17) is 0 Å². The van der Waals surface area contributed by atoms with Gasteiger partial charge in [-0.15, -0.1) is 0 Å². The summed E-state index contributed by atoms with van der Waals surface area (Å²) in [5.74, 6) is -0.201. The van der Waals surface area contributed by atoms with Gasteiger partial charge in [-0.05, 0) is 60.7 Å². The van der Waals surface area contributed by atoms with Crippen LogP contribution in [0.1, 0.15) is 22.8 Å². The highest BCUT2D eigenvalue weighted by atomic mass is 16.1. The van der Waals surface area contributed by atoms with Crippen LogP contribution in [0, 0.1) is 0 Å². The fourth-order valence-electron chi connectivity index (χ4n) is 2.97. The van der Waals surface area contributed by atoms with Crippen molar-refractivity contribution in [1.82, 2.24) is 19.9 Å². The van der Waals surface area contributed by atoms with Crippen LogP contribution in [0.4, 0.5) is 0 Å².